The molecule has 4 aliphatic rings. The van der Waals surface area contributed by atoms with Gasteiger partial charge in [0, 0.05) is 127 Å². The van der Waals surface area contributed by atoms with E-state index in [9.17, 15) is 33.2 Å². The number of nitriles is 1. The van der Waals surface area contributed by atoms with Crippen molar-refractivity contribution in [2.24, 2.45) is 7.05 Å². The molecule has 4 aromatic heterocycles. The number of ether oxygens (including phenoxy) is 1. The standard InChI is InChI=1S/C53H60F2N14O5/c1-3-74-40-30-42(49-37(31-56)33-58-69(49)34-40)36-7-12-46(57-32-36)66-18-14-53(15-19-66,60-51(72)43-28-38(54)8-11-44(43)55)35-64-22-26-67(27-23-64)48(71)6-4-5-16-63-20-24-65(25-21-63)39-9-10-41-45(29-39)62(2)61-50(41)68-17-13-47(70)59-52(68)73/h7-12,28-30,32-34H,3-6,13-27,35H2,1-2H3,(H,60,72)(H,59,70,73). The van der Waals surface area contributed by atoms with Crippen LogP contribution in [-0.2, 0) is 16.6 Å². The third kappa shape index (κ3) is 10.5. The van der Waals surface area contributed by atoms with Crippen LogP contribution in [0.15, 0.2) is 73.2 Å². The molecule has 8 heterocycles. The predicted octanol–water partition coefficient (Wildman–Crippen LogP) is 5.18. The van der Waals surface area contributed by atoms with Crippen molar-refractivity contribution in [3.8, 4) is 22.9 Å². The second-order valence-electron chi connectivity index (χ2n) is 19.6. The molecule has 0 atom stereocenters. The smallest absolute Gasteiger partial charge is 0.329 e. The minimum atomic E-state index is -0.794. The van der Waals surface area contributed by atoms with Gasteiger partial charge in [0.25, 0.3) is 5.91 Å². The number of carbonyl (C=O) groups is 4. The number of pyridine rings is 2. The number of aromatic nitrogens is 5. The number of unbranched alkanes of at least 4 members (excludes halogenated alkanes) is 1. The Morgan fingerprint density at radius 1 is 0.878 bits per heavy atom. The fourth-order valence-electron chi connectivity index (χ4n) is 10.8. The number of benzene rings is 2. The van der Waals surface area contributed by atoms with E-state index in [-0.39, 0.29) is 23.8 Å². The molecule has 2 aromatic carbocycles. The molecule has 0 bridgehead atoms. The van der Waals surface area contributed by atoms with Gasteiger partial charge < -0.3 is 24.8 Å². The van der Waals surface area contributed by atoms with E-state index in [0.29, 0.717) is 101 Å². The normalized spacial score (nSPS) is 17.7. The lowest BCUT2D eigenvalue weighted by molar-refractivity contribution is -0.133. The van der Waals surface area contributed by atoms with E-state index < -0.39 is 29.1 Å². The van der Waals surface area contributed by atoms with E-state index in [1.54, 1.807) is 21.6 Å². The number of urea groups is 1. The van der Waals surface area contributed by atoms with Crippen LogP contribution in [0.1, 0.15) is 61.4 Å². The summed E-state index contributed by atoms with van der Waals surface area (Å²) in [6, 6.07) is 16.6. The first-order valence-electron chi connectivity index (χ1n) is 25.5. The maximum atomic E-state index is 14.9. The first-order valence-corrected chi connectivity index (χ1v) is 25.5. The summed E-state index contributed by atoms with van der Waals surface area (Å²) in [4.78, 5) is 68.9. The molecule has 386 valence electrons. The number of rotatable bonds is 15. The van der Waals surface area contributed by atoms with Crippen LogP contribution in [0.25, 0.3) is 27.5 Å². The maximum absolute atomic E-state index is 14.9. The van der Waals surface area contributed by atoms with Gasteiger partial charge in [0.15, 0.2) is 5.82 Å². The van der Waals surface area contributed by atoms with Gasteiger partial charge in [-0.3, -0.25) is 39.1 Å². The van der Waals surface area contributed by atoms with Crippen molar-refractivity contribution in [1.29, 1.82) is 5.26 Å². The fraction of sp³-hybridized carbons (Fsp3) is 0.434. The SMILES string of the molecule is CCOc1cc(-c2ccc(N3CCC(CN4CCN(C(=O)CCCCN5CCN(c6ccc7c(N8CCC(=O)NC8=O)nn(C)c7c6)CC5)CC4)(NC(=O)c4cc(F)ccc4F)CC3)nc2)c2c(C#N)cnn2c1. The molecule has 0 radical (unpaired) electrons. The Morgan fingerprint density at radius 3 is 2.39 bits per heavy atom. The average Bonchev–Trinajstić information content (AvgIpc) is 3.98. The van der Waals surface area contributed by atoms with E-state index in [2.05, 4.69) is 58.6 Å². The Balaban J connectivity index is 0.705. The molecule has 0 unspecified atom stereocenters. The van der Waals surface area contributed by atoms with Crippen molar-refractivity contribution in [2.75, 3.05) is 106 Å². The number of nitrogens with zero attached hydrogens (tertiary/aromatic N) is 12. The van der Waals surface area contributed by atoms with Crippen LogP contribution in [0.4, 0.5) is 30.9 Å². The second-order valence-corrected chi connectivity index (χ2v) is 19.6. The average molecular weight is 1010 g/mol. The molecular weight excluding hydrogens is 951 g/mol. The molecule has 0 spiro atoms. The summed E-state index contributed by atoms with van der Waals surface area (Å²) in [7, 11) is 1.86. The number of halogens is 2. The van der Waals surface area contributed by atoms with E-state index >= 15 is 0 Å². The summed E-state index contributed by atoms with van der Waals surface area (Å²) in [5.41, 5.74) is 3.54. The van der Waals surface area contributed by atoms with Gasteiger partial charge in [-0.05, 0) is 93.7 Å². The van der Waals surface area contributed by atoms with E-state index in [4.69, 9.17) is 9.72 Å². The van der Waals surface area contributed by atoms with Gasteiger partial charge in [0.05, 0.1) is 46.7 Å². The number of hydrogen-bond acceptors (Lipinski definition) is 13. The van der Waals surface area contributed by atoms with E-state index in [1.807, 2.05) is 43.1 Å². The maximum Gasteiger partial charge on any atom is 0.329 e. The lowest BCUT2D eigenvalue weighted by Crippen LogP contribution is -2.62. The van der Waals surface area contributed by atoms with E-state index in [0.717, 1.165) is 97.3 Å². The number of fused-ring (bicyclic) bond motifs is 2. The quantitative estimate of drug-likeness (QED) is 0.128. The largest absolute Gasteiger partial charge is 0.492 e. The summed E-state index contributed by atoms with van der Waals surface area (Å²) in [5.74, 6) is -0.406. The first-order chi connectivity index (χ1) is 35.9. The van der Waals surface area contributed by atoms with Crippen molar-refractivity contribution in [1.82, 2.24) is 49.7 Å². The van der Waals surface area contributed by atoms with Crippen LogP contribution < -0.4 is 30.1 Å². The molecule has 74 heavy (non-hydrogen) atoms. The van der Waals surface area contributed by atoms with Gasteiger partial charge in [0.2, 0.25) is 11.8 Å². The van der Waals surface area contributed by atoms with Crippen molar-refractivity contribution in [2.45, 2.75) is 51.0 Å². The number of amides is 5. The Hall–Kier alpha value is -7.70. The van der Waals surface area contributed by atoms with Gasteiger partial charge >= 0.3 is 6.03 Å². The summed E-state index contributed by atoms with van der Waals surface area (Å²) in [5, 5.41) is 25.2. The minimum absolute atomic E-state index is 0.135. The van der Waals surface area contributed by atoms with Crippen LogP contribution in [0.3, 0.4) is 0 Å². The lowest BCUT2D eigenvalue weighted by atomic mass is 9.86. The minimum Gasteiger partial charge on any atom is -0.492 e. The number of hydrogen-bond donors (Lipinski definition) is 2. The van der Waals surface area contributed by atoms with Crippen LogP contribution in [0.2, 0.25) is 0 Å². The number of piperazine rings is 2. The summed E-state index contributed by atoms with van der Waals surface area (Å²) in [6.45, 7) is 11.0. The highest BCUT2D eigenvalue weighted by Crippen LogP contribution is 2.34. The first kappa shape index (κ1) is 49.9. The summed E-state index contributed by atoms with van der Waals surface area (Å²) >= 11 is 0. The molecule has 4 saturated heterocycles. The number of nitrogens with one attached hydrogen (secondary N) is 2. The van der Waals surface area contributed by atoms with Crippen LogP contribution in [0, 0.1) is 23.0 Å². The van der Waals surface area contributed by atoms with Gasteiger partial charge in [-0.25, -0.2) is 23.1 Å². The van der Waals surface area contributed by atoms with Gasteiger partial charge in [0.1, 0.15) is 29.3 Å². The third-order valence-electron chi connectivity index (χ3n) is 14.9. The molecule has 6 aromatic rings. The Morgan fingerprint density at radius 2 is 1.66 bits per heavy atom. The second kappa shape index (κ2) is 21.4. The molecule has 4 aliphatic heterocycles. The number of carbonyl (C=O) groups excluding carboxylic acids is 4. The van der Waals surface area contributed by atoms with E-state index in [1.165, 1.54) is 11.1 Å². The molecule has 4 fully saturated rings. The molecular formula is C53H60F2N14O5. The van der Waals surface area contributed by atoms with Crippen LogP contribution >= 0.6 is 0 Å². The summed E-state index contributed by atoms with van der Waals surface area (Å²) < 4.78 is 38.4. The number of anilines is 3. The molecule has 5 amide bonds. The van der Waals surface area contributed by atoms with Crippen molar-refractivity contribution < 1.29 is 32.7 Å². The highest BCUT2D eigenvalue weighted by atomic mass is 19.1. The summed E-state index contributed by atoms with van der Waals surface area (Å²) in [6.07, 6.45) is 8.49. The number of imide groups is 1. The zero-order valence-corrected chi connectivity index (χ0v) is 41.7. The van der Waals surface area contributed by atoms with Crippen molar-refractivity contribution in [3.63, 3.8) is 0 Å². The number of aryl methyl sites for hydroxylation is 1. The zero-order chi connectivity index (χ0) is 51.5. The molecule has 10 rings (SSSR count). The van der Waals surface area contributed by atoms with Gasteiger partial charge in [-0.1, -0.05) is 0 Å². The zero-order valence-electron chi connectivity index (χ0n) is 41.7. The van der Waals surface area contributed by atoms with Gasteiger partial charge in [-0.15, -0.1) is 0 Å². The predicted molar refractivity (Wildman–Crippen MR) is 274 cm³/mol. The lowest BCUT2D eigenvalue weighted by Gasteiger charge is -2.46. The topological polar surface area (TPSA) is 193 Å². The molecule has 19 nitrogen and oxygen atoms in total. The monoisotopic (exact) mass is 1010 g/mol. The van der Waals surface area contributed by atoms with Crippen molar-refractivity contribution >= 4 is 57.5 Å². The van der Waals surface area contributed by atoms with Crippen molar-refractivity contribution in [3.05, 3.63) is 95.9 Å². The Bertz CT molecular complexity index is 3110. The number of piperidine rings is 1. The molecule has 2 N–H and O–H groups in total. The molecule has 21 heteroatoms. The highest BCUT2D eigenvalue weighted by molar-refractivity contribution is 6.09. The Kier molecular flexibility index (Phi) is 14.4. The van der Waals surface area contributed by atoms with Crippen LogP contribution in [-0.4, -0.2) is 160 Å². The van der Waals surface area contributed by atoms with Crippen LogP contribution in [0.5, 0.6) is 5.75 Å². The highest BCUT2D eigenvalue weighted by Gasteiger charge is 2.40. The molecule has 0 aliphatic carbocycles. The molecule has 0 saturated carbocycles. The fourth-order valence-corrected chi connectivity index (χ4v) is 10.8. The Labute approximate surface area is 427 Å². The third-order valence-corrected chi connectivity index (χ3v) is 14.9. The van der Waals surface area contributed by atoms with Gasteiger partial charge in [-0.2, -0.15) is 15.5 Å².